The molecule has 3 heterocycles. The highest BCUT2D eigenvalue weighted by Gasteiger charge is 2.43. The van der Waals surface area contributed by atoms with Gasteiger partial charge in [-0.05, 0) is 65.7 Å². The van der Waals surface area contributed by atoms with E-state index < -0.39 is 5.83 Å². The topological polar surface area (TPSA) is 35.0 Å². The molecule has 0 radical (unpaired) electrons. The van der Waals surface area contributed by atoms with Crippen molar-refractivity contribution in [3.8, 4) is 0 Å². The SMILES string of the molecule is C=C1C(C)=C(N(C(=C)c2cnc(C(CCC)CCC)c(F)c2)C(/C=C\C(F)=C\F)=C/C)N2CC(C)(C)N=C2N1CC. The lowest BCUT2D eigenvalue weighted by atomic mass is 9.93. The number of likely N-dealkylation sites (N-methyl/N-ethyl adjacent to an activating group) is 1. The van der Waals surface area contributed by atoms with Gasteiger partial charge in [0.25, 0.3) is 0 Å². The van der Waals surface area contributed by atoms with E-state index >= 15 is 4.39 Å². The van der Waals surface area contributed by atoms with Crippen LogP contribution in [0.15, 0.2) is 83.6 Å². The minimum Gasteiger partial charge on any atom is -0.313 e. The van der Waals surface area contributed by atoms with Crippen LogP contribution in [0.4, 0.5) is 13.2 Å². The Balaban J connectivity index is 2.21. The Bertz CT molecular complexity index is 1310. The van der Waals surface area contributed by atoms with Crippen molar-refractivity contribution in [3.63, 3.8) is 0 Å². The van der Waals surface area contributed by atoms with Gasteiger partial charge in [-0.1, -0.05) is 45.9 Å². The number of fused-ring (bicyclic) bond motifs is 1. The lowest BCUT2D eigenvalue weighted by molar-refractivity contribution is 0.322. The first-order valence-electron chi connectivity index (χ1n) is 14.4. The molecule has 5 nitrogen and oxygen atoms in total. The van der Waals surface area contributed by atoms with Gasteiger partial charge in [0.1, 0.15) is 18.0 Å². The Hall–Kier alpha value is -3.55. The second-order valence-corrected chi connectivity index (χ2v) is 11.1. The smallest absolute Gasteiger partial charge is 0.207 e. The van der Waals surface area contributed by atoms with Crippen LogP contribution in [0.3, 0.4) is 0 Å². The number of aromatic nitrogens is 1. The van der Waals surface area contributed by atoms with Gasteiger partial charge in [-0.3, -0.25) is 14.8 Å². The number of aliphatic imine (C=N–C) groups is 1. The van der Waals surface area contributed by atoms with Crippen LogP contribution in [0.25, 0.3) is 5.70 Å². The van der Waals surface area contributed by atoms with Crippen molar-refractivity contribution >= 4 is 11.7 Å². The normalized spacial score (nSPS) is 17.6. The van der Waals surface area contributed by atoms with Gasteiger partial charge >= 0.3 is 0 Å². The summed E-state index contributed by atoms with van der Waals surface area (Å²) in [5.41, 5.74) is 3.14. The van der Waals surface area contributed by atoms with Crippen LogP contribution in [0.1, 0.15) is 91.3 Å². The summed E-state index contributed by atoms with van der Waals surface area (Å²) in [6.07, 6.45) is 9.46. The van der Waals surface area contributed by atoms with E-state index in [4.69, 9.17) is 4.99 Å². The summed E-state index contributed by atoms with van der Waals surface area (Å²) in [6, 6.07) is 1.48. The van der Waals surface area contributed by atoms with Crippen molar-refractivity contribution in [2.75, 3.05) is 13.1 Å². The third kappa shape index (κ3) is 6.68. The van der Waals surface area contributed by atoms with Crippen LogP contribution in [-0.2, 0) is 0 Å². The maximum absolute atomic E-state index is 15.6. The van der Waals surface area contributed by atoms with Crippen LogP contribution in [0.2, 0.25) is 0 Å². The molecule has 0 amide bonds. The fourth-order valence-corrected chi connectivity index (χ4v) is 5.53. The average molecular weight is 568 g/mol. The molecule has 0 fully saturated rings. The fourth-order valence-electron chi connectivity index (χ4n) is 5.53. The summed E-state index contributed by atoms with van der Waals surface area (Å²) >= 11 is 0. The second kappa shape index (κ2) is 13.4. The molecule has 0 saturated heterocycles. The average Bonchev–Trinajstić information content (AvgIpc) is 3.26. The molecule has 0 spiro atoms. The zero-order chi connectivity index (χ0) is 30.5. The molecular weight excluding hydrogens is 523 g/mol. The number of guanidine groups is 1. The zero-order valence-corrected chi connectivity index (χ0v) is 25.6. The van der Waals surface area contributed by atoms with Gasteiger partial charge in [-0.25, -0.2) is 18.2 Å². The third-order valence-corrected chi connectivity index (χ3v) is 7.51. The molecule has 0 N–H and O–H groups in total. The predicted octanol–water partition coefficient (Wildman–Crippen LogP) is 8.95. The highest BCUT2D eigenvalue weighted by molar-refractivity contribution is 5.89. The van der Waals surface area contributed by atoms with Gasteiger partial charge in [-0.2, -0.15) is 0 Å². The Morgan fingerprint density at radius 3 is 2.39 bits per heavy atom. The van der Waals surface area contributed by atoms with Crippen molar-refractivity contribution in [3.05, 3.63) is 95.7 Å². The molecule has 222 valence electrons. The summed E-state index contributed by atoms with van der Waals surface area (Å²) in [5, 5.41) is 0. The Morgan fingerprint density at radius 1 is 1.20 bits per heavy atom. The van der Waals surface area contributed by atoms with Crippen LogP contribution < -0.4 is 0 Å². The first kappa shape index (κ1) is 32.0. The van der Waals surface area contributed by atoms with E-state index in [0.717, 1.165) is 54.8 Å². The highest BCUT2D eigenvalue weighted by atomic mass is 19.2. The van der Waals surface area contributed by atoms with E-state index in [1.807, 2.05) is 18.7 Å². The van der Waals surface area contributed by atoms with Crippen molar-refractivity contribution < 1.29 is 13.2 Å². The van der Waals surface area contributed by atoms with E-state index in [2.05, 4.69) is 55.6 Å². The summed E-state index contributed by atoms with van der Waals surface area (Å²) in [6.45, 7) is 24.1. The molecule has 0 bridgehead atoms. The fraction of sp³-hybridized carbons (Fsp3) is 0.455. The van der Waals surface area contributed by atoms with E-state index in [9.17, 15) is 8.78 Å². The molecule has 8 heteroatoms. The standard InChI is InChI=1S/C33H44F3N5/c1-10-14-25(15-11-2)30-29(36)18-26(20-37-30)24(7)41(28(12-3)17-16-27(35)19-34)31-22(5)23(6)39(13-4)32-38-33(8,9)21-40(31)32/h12,16-20,25H,6-7,10-11,13-15,21H2,1-5,8-9H3/b17-16-,27-19-,28-12+. The first-order valence-corrected chi connectivity index (χ1v) is 14.4. The molecule has 0 aliphatic carbocycles. The lowest BCUT2D eigenvalue weighted by Gasteiger charge is -2.44. The van der Waals surface area contributed by atoms with Crippen molar-refractivity contribution in [2.45, 2.75) is 85.6 Å². The van der Waals surface area contributed by atoms with Crippen LogP contribution in [0, 0.1) is 5.82 Å². The van der Waals surface area contributed by atoms with Crippen molar-refractivity contribution in [2.24, 2.45) is 4.99 Å². The molecule has 3 rings (SSSR count). The minimum atomic E-state index is -1.02. The van der Waals surface area contributed by atoms with Crippen LogP contribution in [0.5, 0.6) is 0 Å². The van der Waals surface area contributed by atoms with Crippen molar-refractivity contribution in [1.82, 2.24) is 19.7 Å². The number of halogens is 3. The largest absolute Gasteiger partial charge is 0.313 e. The molecule has 41 heavy (non-hydrogen) atoms. The third-order valence-electron chi connectivity index (χ3n) is 7.51. The van der Waals surface area contributed by atoms with Crippen molar-refractivity contribution in [1.29, 1.82) is 0 Å². The van der Waals surface area contributed by atoms with Gasteiger partial charge in [0.2, 0.25) is 5.96 Å². The monoisotopic (exact) mass is 567 g/mol. The first-order chi connectivity index (χ1) is 19.4. The molecular formula is C33H44F3N5. The highest BCUT2D eigenvalue weighted by Crippen LogP contribution is 2.41. The maximum atomic E-state index is 15.6. The van der Waals surface area contributed by atoms with Gasteiger partial charge in [0.15, 0.2) is 5.83 Å². The Kier molecular flexibility index (Phi) is 10.5. The molecule has 0 aromatic carbocycles. The zero-order valence-electron chi connectivity index (χ0n) is 25.6. The molecule has 0 unspecified atom stereocenters. The van der Waals surface area contributed by atoms with Gasteiger partial charge < -0.3 is 4.90 Å². The van der Waals surface area contributed by atoms with E-state index in [1.165, 1.54) is 12.1 Å². The summed E-state index contributed by atoms with van der Waals surface area (Å²) < 4.78 is 42.4. The Morgan fingerprint density at radius 2 is 1.85 bits per heavy atom. The quantitative estimate of drug-likeness (QED) is 0.236. The molecule has 2 aliphatic heterocycles. The van der Waals surface area contributed by atoms with Crippen LogP contribution in [-0.4, -0.2) is 44.3 Å². The molecule has 1 aromatic rings. The van der Waals surface area contributed by atoms with Gasteiger partial charge in [0, 0.05) is 46.9 Å². The molecule has 2 aliphatic rings. The number of rotatable bonds is 12. The molecule has 0 atom stereocenters. The number of nitrogens with zero attached hydrogens (tertiary/aromatic N) is 5. The molecule has 0 saturated carbocycles. The van der Waals surface area contributed by atoms with Gasteiger partial charge in [0.05, 0.1) is 17.8 Å². The van der Waals surface area contributed by atoms with Gasteiger partial charge in [-0.15, -0.1) is 0 Å². The number of pyridine rings is 1. The summed E-state index contributed by atoms with van der Waals surface area (Å²) in [7, 11) is 0. The number of hydrogen-bond donors (Lipinski definition) is 0. The summed E-state index contributed by atoms with van der Waals surface area (Å²) in [4.78, 5) is 15.6. The second-order valence-electron chi connectivity index (χ2n) is 11.1. The maximum Gasteiger partial charge on any atom is 0.207 e. The Labute approximate surface area is 243 Å². The summed E-state index contributed by atoms with van der Waals surface area (Å²) in [5.74, 6) is 0.114. The van der Waals surface area contributed by atoms with E-state index in [1.54, 1.807) is 19.2 Å². The lowest BCUT2D eigenvalue weighted by Crippen LogP contribution is -2.49. The van der Waals surface area contributed by atoms with E-state index in [0.29, 0.717) is 35.7 Å². The van der Waals surface area contributed by atoms with Crippen LogP contribution >= 0.6 is 0 Å². The molecule has 1 aromatic heterocycles. The predicted molar refractivity (Wildman–Crippen MR) is 163 cm³/mol. The minimum absolute atomic E-state index is 0.0464. The number of hydrogen-bond acceptors (Lipinski definition) is 5. The van der Waals surface area contributed by atoms with E-state index in [-0.39, 0.29) is 23.6 Å². The number of allylic oxidation sites excluding steroid dienone is 5.